The van der Waals surface area contributed by atoms with Crippen LogP contribution in [0.5, 0.6) is 0 Å². The van der Waals surface area contributed by atoms with E-state index in [1.807, 2.05) is 18.2 Å². The third-order valence-corrected chi connectivity index (χ3v) is 6.40. The zero-order valence-electron chi connectivity index (χ0n) is 15.9. The fourth-order valence-corrected chi connectivity index (χ4v) is 5.04. The monoisotopic (exact) mass is 410 g/mol. The number of anilines is 2. The number of hydrogen-bond donors (Lipinski definition) is 2. The maximum Gasteiger partial charge on any atom is 0.272 e. The minimum Gasteiger partial charge on any atom is -0.365 e. The lowest BCUT2D eigenvalue weighted by Gasteiger charge is -2.23. The van der Waals surface area contributed by atoms with Gasteiger partial charge in [-0.25, -0.2) is 5.01 Å². The van der Waals surface area contributed by atoms with E-state index < -0.39 is 11.8 Å². The second kappa shape index (κ2) is 8.16. The first-order valence-electron chi connectivity index (χ1n) is 9.76. The molecule has 0 atom stereocenters. The van der Waals surface area contributed by atoms with Crippen molar-refractivity contribution >= 4 is 45.5 Å². The molecule has 0 saturated carbocycles. The van der Waals surface area contributed by atoms with Gasteiger partial charge in [0.25, 0.3) is 11.8 Å². The summed E-state index contributed by atoms with van der Waals surface area (Å²) in [5.41, 5.74) is 7.91. The van der Waals surface area contributed by atoms with E-state index >= 15 is 0 Å². The third-order valence-electron chi connectivity index (χ3n) is 5.19. The van der Waals surface area contributed by atoms with Crippen molar-refractivity contribution in [3.05, 3.63) is 46.3 Å². The van der Waals surface area contributed by atoms with E-state index in [2.05, 4.69) is 10.4 Å². The van der Waals surface area contributed by atoms with Gasteiger partial charge in [0.2, 0.25) is 5.91 Å². The van der Waals surface area contributed by atoms with Crippen LogP contribution in [0.1, 0.15) is 52.9 Å². The molecule has 1 aromatic heterocycles. The van der Waals surface area contributed by atoms with Gasteiger partial charge >= 0.3 is 0 Å². The summed E-state index contributed by atoms with van der Waals surface area (Å²) in [7, 11) is 0. The lowest BCUT2D eigenvalue weighted by Crippen LogP contribution is -2.36. The number of nitrogens with zero attached hydrogens (tertiary/aromatic N) is 2. The standard InChI is InChI=1S/C21H22N4O3S/c22-19(27)18-14-9-5-2-6-10-16(14)29-21(18)23-20(28)15-11-12-17(26)25(24-15)13-7-3-1-4-8-13/h1,3-4,7-8H,2,5-6,9-12H2,(H2,22,27)(H,23,28). The van der Waals surface area contributed by atoms with Crippen LogP contribution >= 0.6 is 11.3 Å². The number of primary amides is 1. The van der Waals surface area contributed by atoms with Gasteiger partial charge in [-0.2, -0.15) is 5.10 Å². The van der Waals surface area contributed by atoms with Crippen LogP contribution in [0.3, 0.4) is 0 Å². The van der Waals surface area contributed by atoms with Crippen LogP contribution in [0.25, 0.3) is 0 Å². The molecule has 3 N–H and O–H groups in total. The molecule has 0 saturated heterocycles. The van der Waals surface area contributed by atoms with Crippen molar-refractivity contribution in [2.45, 2.75) is 44.9 Å². The van der Waals surface area contributed by atoms with Crippen molar-refractivity contribution in [1.82, 2.24) is 0 Å². The first-order chi connectivity index (χ1) is 14.0. The third kappa shape index (κ3) is 3.93. The molecule has 4 rings (SSSR count). The molecule has 0 radical (unpaired) electrons. The van der Waals surface area contributed by atoms with E-state index in [4.69, 9.17) is 5.73 Å². The number of thiophene rings is 1. The first-order valence-corrected chi connectivity index (χ1v) is 10.6. The molecule has 0 bridgehead atoms. The summed E-state index contributed by atoms with van der Waals surface area (Å²) in [6.07, 6.45) is 5.36. The Kier molecular flexibility index (Phi) is 5.44. The second-order valence-corrected chi connectivity index (χ2v) is 8.28. The van der Waals surface area contributed by atoms with E-state index in [0.717, 1.165) is 42.5 Å². The molecule has 29 heavy (non-hydrogen) atoms. The Morgan fingerprint density at radius 3 is 2.55 bits per heavy atom. The van der Waals surface area contributed by atoms with Crippen molar-refractivity contribution in [2.75, 3.05) is 10.3 Å². The van der Waals surface area contributed by atoms with Crippen molar-refractivity contribution in [3.63, 3.8) is 0 Å². The Hall–Kier alpha value is -3.00. The number of para-hydroxylation sites is 1. The SMILES string of the molecule is NC(=O)c1c(NC(=O)C2=NN(c3ccccc3)C(=O)CC2)sc2c1CCCCC2. The minimum atomic E-state index is -0.522. The Balaban J connectivity index is 1.61. The van der Waals surface area contributed by atoms with E-state index in [0.29, 0.717) is 16.3 Å². The summed E-state index contributed by atoms with van der Waals surface area (Å²) < 4.78 is 0. The molecule has 0 spiro atoms. The predicted molar refractivity (Wildman–Crippen MR) is 113 cm³/mol. The molecule has 1 aliphatic carbocycles. The van der Waals surface area contributed by atoms with Crippen LogP contribution < -0.4 is 16.1 Å². The number of aryl methyl sites for hydroxylation is 1. The topological polar surface area (TPSA) is 105 Å². The maximum atomic E-state index is 12.9. The van der Waals surface area contributed by atoms with E-state index in [1.165, 1.54) is 16.3 Å². The first kappa shape index (κ1) is 19.3. The lowest BCUT2D eigenvalue weighted by molar-refractivity contribution is -0.118. The van der Waals surface area contributed by atoms with Crippen LogP contribution in [-0.2, 0) is 22.4 Å². The van der Waals surface area contributed by atoms with Gasteiger partial charge in [-0.15, -0.1) is 11.3 Å². The average Bonchev–Trinajstić information content (AvgIpc) is 2.89. The molecule has 7 nitrogen and oxygen atoms in total. The number of hydrogen-bond acceptors (Lipinski definition) is 5. The van der Waals surface area contributed by atoms with Gasteiger partial charge in [0.1, 0.15) is 10.7 Å². The van der Waals surface area contributed by atoms with Crippen LogP contribution in [0.15, 0.2) is 35.4 Å². The smallest absolute Gasteiger partial charge is 0.272 e. The number of nitrogens with two attached hydrogens (primary N) is 1. The highest BCUT2D eigenvalue weighted by molar-refractivity contribution is 7.17. The van der Waals surface area contributed by atoms with E-state index in [1.54, 1.807) is 12.1 Å². The number of rotatable bonds is 4. The highest BCUT2D eigenvalue weighted by Gasteiger charge is 2.28. The molecule has 2 heterocycles. The number of amides is 3. The van der Waals surface area contributed by atoms with Gasteiger partial charge in [-0.1, -0.05) is 24.6 Å². The zero-order chi connectivity index (χ0) is 20.4. The Bertz CT molecular complexity index is 997. The van der Waals surface area contributed by atoms with Gasteiger partial charge < -0.3 is 11.1 Å². The van der Waals surface area contributed by atoms with E-state index in [9.17, 15) is 14.4 Å². The van der Waals surface area contributed by atoms with Crippen molar-refractivity contribution in [1.29, 1.82) is 0 Å². The summed E-state index contributed by atoms with van der Waals surface area (Å²) in [5.74, 6) is -1.09. The lowest BCUT2D eigenvalue weighted by atomic mass is 10.0. The summed E-state index contributed by atoms with van der Waals surface area (Å²) in [6.45, 7) is 0. The fraction of sp³-hybridized carbons (Fsp3) is 0.333. The second-order valence-electron chi connectivity index (χ2n) is 7.17. The summed E-state index contributed by atoms with van der Waals surface area (Å²) in [5, 5.41) is 8.86. The van der Waals surface area contributed by atoms with E-state index in [-0.39, 0.29) is 24.5 Å². The number of fused-ring (bicyclic) bond motifs is 1. The molecule has 1 aromatic carbocycles. The number of carbonyl (C=O) groups is 3. The number of carbonyl (C=O) groups excluding carboxylic acids is 3. The molecular formula is C21H22N4O3S. The molecule has 150 valence electrons. The fourth-order valence-electron chi connectivity index (χ4n) is 3.75. The van der Waals surface area contributed by atoms with Crippen LogP contribution in [-0.4, -0.2) is 23.4 Å². The summed E-state index contributed by atoms with van der Waals surface area (Å²) >= 11 is 1.43. The number of nitrogens with one attached hydrogen (secondary N) is 1. The highest BCUT2D eigenvalue weighted by atomic mass is 32.1. The molecule has 0 unspecified atom stereocenters. The zero-order valence-corrected chi connectivity index (χ0v) is 16.8. The normalized spacial score (nSPS) is 16.6. The van der Waals surface area contributed by atoms with Crippen molar-refractivity contribution in [2.24, 2.45) is 10.8 Å². The minimum absolute atomic E-state index is 0.159. The van der Waals surface area contributed by atoms with Crippen LogP contribution in [0, 0.1) is 0 Å². The van der Waals surface area contributed by atoms with Crippen LogP contribution in [0.2, 0.25) is 0 Å². The molecule has 3 amide bonds. The van der Waals surface area contributed by atoms with Gasteiger partial charge in [0.05, 0.1) is 11.3 Å². The highest BCUT2D eigenvalue weighted by Crippen LogP contribution is 2.37. The molecule has 2 aromatic rings. The Labute approximate surface area is 172 Å². The molecular weight excluding hydrogens is 388 g/mol. The predicted octanol–water partition coefficient (Wildman–Crippen LogP) is 3.24. The van der Waals surface area contributed by atoms with Gasteiger partial charge in [-0.05, 0) is 43.4 Å². The molecule has 0 fully saturated rings. The largest absolute Gasteiger partial charge is 0.365 e. The van der Waals surface area contributed by atoms with Crippen LogP contribution in [0.4, 0.5) is 10.7 Å². The Morgan fingerprint density at radius 2 is 1.79 bits per heavy atom. The summed E-state index contributed by atoms with van der Waals surface area (Å²) in [6, 6.07) is 9.00. The summed E-state index contributed by atoms with van der Waals surface area (Å²) in [4.78, 5) is 38.4. The van der Waals surface area contributed by atoms with Gasteiger partial charge in [0, 0.05) is 17.7 Å². The molecule has 2 aliphatic rings. The average molecular weight is 410 g/mol. The quantitative estimate of drug-likeness (QED) is 0.756. The maximum absolute atomic E-state index is 12.9. The van der Waals surface area contributed by atoms with Gasteiger partial charge in [0.15, 0.2) is 0 Å². The molecule has 1 aliphatic heterocycles. The van der Waals surface area contributed by atoms with Crippen molar-refractivity contribution in [3.8, 4) is 0 Å². The molecule has 8 heteroatoms. The number of hydrazone groups is 1. The number of benzene rings is 1. The Morgan fingerprint density at radius 1 is 1.03 bits per heavy atom. The van der Waals surface area contributed by atoms with Crippen molar-refractivity contribution < 1.29 is 14.4 Å². The van der Waals surface area contributed by atoms with Gasteiger partial charge in [-0.3, -0.25) is 14.4 Å².